The molecule has 5 nitrogen and oxygen atoms in total. The van der Waals surface area contributed by atoms with Crippen molar-refractivity contribution in [1.82, 2.24) is 0 Å². The number of halogens is 2. The summed E-state index contributed by atoms with van der Waals surface area (Å²) in [6.07, 6.45) is 0. The molecule has 2 aromatic carbocycles. The monoisotopic (exact) mass is 420 g/mol. The molecule has 0 fully saturated rings. The zero-order chi connectivity index (χ0) is 18.0. The average molecular weight is 422 g/mol. The van der Waals surface area contributed by atoms with Gasteiger partial charge in [0, 0.05) is 15.7 Å². The van der Waals surface area contributed by atoms with E-state index >= 15 is 0 Å². The van der Waals surface area contributed by atoms with E-state index in [-0.39, 0.29) is 11.7 Å². The van der Waals surface area contributed by atoms with E-state index in [9.17, 15) is 4.79 Å². The Hall–Kier alpha value is -2.44. The van der Waals surface area contributed by atoms with E-state index in [1.807, 2.05) is 12.1 Å². The van der Waals surface area contributed by atoms with Gasteiger partial charge < -0.3 is 20.2 Å². The fourth-order valence-electron chi connectivity index (χ4n) is 2.30. The molecule has 128 valence electrons. The summed E-state index contributed by atoms with van der Waals surface area (Å²) in [6.45, 7) is 0. The predicted octanol–water partition coefficient (Wildman–Crippen LogP) is 5.21. The van der Waals surface area contributed by atoms with Gasteiger partial charge in [-0.3, -0.25) is 4.79 Å². The first-order chi connectivity index (χ1) is 12.0. The minimum atomic E-state index is -0.385. The fraction of sp³-hybridized carbons (Fsp3) is 0.0556. The van der Waals surface area contributed by atoms with Crippen LogP contribution in [-0.2, 0) is 0 Å². The van der Waals surface area contributed by atoms with Gasteiger partial charge in [-0.2, -0.15) is 0 Å². The molecule has 0 saturated carbocycles. The topological polar surface area (TPSA) is 77.5 Å². The van der Waals surface area contributed by atoms with Crippen LogP contribution in [-0.4, -0.2) is 13.0 Å². The highest BCUT2D eigenvalue weighted by atomic mass is 79.9. The highest BCUT2D eigenvalue weighted by Gasteiger charge is 2.15. The van der Waals surface area contributed by atoms with E-state index in [0.717, 1.165) is 4.47 Å². The van der Waals surface area contributed by atoms with Gasteiger partial charge in [0.2, 0.25) is 0 Å². The average Bonchev–Trinajstić information content (AvgIpc) is 3.05. The first-order valence-corrected chi connectivity index (χ1v) is 8.45. The van der Waals surface area contributed by atoms with Crippen molar-refractivity contribution < 1.29 is 13.9 Å². The number of nitrogen functional groups attached to an aromatic ring is 1. The van der Waals surface area contributed by atoms with Crippen molar-refractivity contribution in [3.05, 3.63) is 63.8 Å². The van der Waals surface area contributed by atoms with Crippen LogP contribution in [0, 0.1) is 0 Å². The number of furan rings is 1. The minimum Gasteiger partial charge on any atom is -0.495 e. The second kappa shape index (κ2) is 7.21. The van der Waals surface area contributed by atoms with Crippen LogP contribution in [0.5, 0.6) is 5.75 Å². The van der Waals surface area contributed by atoms with Gasteiger partial charge in [0.1, 0.15) is 11.5 Å². The van der Waals surface area contributed by atoms with Crippen LogP contribution in [0.1, 0.15) is 10.6 Å². The first kappa shape index (κ1) is 17.4. The minimum absolute atomic E-state index is 0.170. The third-order valence-corrected chi connectivity index (χ3v) is 4.32. The molecule has 0 saturated heterocycles. The Bertz CT molecular complexity index is 940. The van der Waals surface area contributed by atoms with Crippen molar-refractivity contribution in [2.75, 3.05) is 18.2 Å². The Kier molecular flexibility index (Phi) is 5.01. The zero-order valence-electron chi connectivity index (χ0n) is 13.2. The standard InChI is InChI=1S/C18H14BrClN2O3/c1-24-16-5-3-11(9-14(16)21)22-18(23)17-7-6-15(25-17)12-4-2-10(19)8-13(12)20/h2-9H,21H2,1H3,(H,22,23). The van der Waals surface area contributed by atoms with E-state index in [2.05, 4.69) is 21.2 Å². The molecule has 0 unspecified atom stereocenters. The van der Waals surface area contributed by atoms with E-state index in [0.29, 0.717) is 33.5 Å². The molecular formula is C18H14BrClN2O3. The lowest BCUT2D eigenvalue weighted by Crippen LogP contribution is -2.11. The van der Waals surface area contributed by atoms with E-state index in [1.54, 1.807) is 36.4 Å². The molecule has 0 aliphatic carbocycles. The molecule has 3 aromatic rings. The number of carbonyl (C=O) groups is 1. The maximum absolute atomic E-state index is 12.3. The fourth-order valence-corrected chi connectivity index (χ4v) is 3.07. The number of hydrogen-bond acceptors (Lipinski definition) is 4. The summed E-state index contributed by atoms with van der Waals surface area (Å²) in [5.74, 6) is 0.840. The number of nitrogens with two attached hydrogens (primary N) is 1. The summed E-state index contributed by atoms with van der Waals surface area (Å²) in [5, 5.41) is 3.26. The van der Waals surface area contributed by atoms with Crippen LogP contribution >= 0.6 is 27.5 Å². The van der Waals surface area contributed by atoms with E-state index < -0.39 is 0 Å². The van der Waals surface area contributed by atoms with Gasteiger partial charge in [0.05, 0.1) is 17.8 Å². The van der Waals surface area contributed by atoms with Crippen molar-refractivity contribution in [2.24, 2.45) is 0 Å². The van der Waals surface area contributed by atoms with E-state index in [4.69, 9.17) is 26.5 Å². The van der Waals surface area contributed by atoms with Crippen LogP contribution in [0.2, 0.25) is 5.02 Å². The Labute approximate surface area is 157 Å². The number of nitrogens with one attached hydrogen (secondary N) is 1. The van der Waals surface area contributed by atoms with Crippen molar-refractivity contribution in [2.45, 2.75) is 0 Å². The second-order valence-electron chi connectivity index (χ2n) is 5.20. The number of rotatable bonds is 4. The molecule has 0 aliphatic rings. The van der Waals surface area contributed by atoms with Gasteiger partial charge in [-0.1, -0.05) is 27.5 Å². The number of hydrogen-bond donors (Lipinski definition) is 2. The molecule has 3 rings (SSSR count). The molecular weight excluding hydrogens is 408 g/mol. The zero-order valence-corrected chi connectivity index (χ0v) is 15.5. The molecule has 3 N–H and O–H groups in total. The summed E-state index contributed by atoms with van der Waals surface area (Å²) in [5.41, 5.74) is 7.52. The molecule has 7 heteroatoms. The van der Waals surface area contributed by atoms with E-state index in [1.165, 1.54) is 7.11 Å². The highest BCUT2D eigenvalue weighted by molar-refractivity contribution is 9.10. The second-order valence-corrected chi connectivity index (χ2v) is 6.52. The molecule has 1 aromatic heterocycles. The van der Waals surface area contributed by atoms with Gasteiger partial charge in [0.15, 0.2) is 5.76 Å². The van der Waals surface area contributed by atoms with Crippen molar-refractivity contribution in [3.63, 3.8) is 0 Å². The number of carbonyl (C=O) groups excluding carboxylic acids is 1. The van der Waals surface area contributed by atoms with Gasteiger partial charge in [-0.25, -0.2) is 0 Å². The summed E-state index contributed by atoms with van der Waals surface area (Å²) in [7, 11) is 1.53. The molecule has 0 radical (unpaired) electrons. The maximum atomic E-state index is 12.3. The Morgan fingerprint density at radius 1 is 1.20 bits per heavy atom. The number of methoxy groups -OCH3 is 1. The van der Waals surface area contributed by atoms with Crippen LogP contribution in [0.4, 0.5) is 11.4 Å². The summed E-state index contributed by atoms with van der Waals surface area (Å²) in [4.78, 5) is 12.3. The van der Waals surface area contributed by atoms with Gasteiger partial charge >= 0.3 is 0 Å². The van der Waals surface area contributed by atoms with Crippen molar-refractivity contribution in [1.29, 1.82) is 0 Å². The Balaban J connectivity index is 1.80. The molecule has 0 spiro atoms. The van der Waals surface area contributed by atoms with Crippen LogP contribution in [0.15, 0.2) is 57.4 Å². The Morgan fingerprint density at radius 2 is 2.00 bits per heavy atom. The molecule has 0 aliphatic heterocycles. The number of benzene rings is 2. The number of amides is 1. The molecule has 0 atom stereocenters. The molecule has 0 bridgehead atoms. The highest BCUT2D eigenvalue weighted by Crippen LogP contribution is 2.32. The first-order valence-electron chi connectivity index (χ1n) is 7.28. The third kappa shape index (κ3) is 3.81. The lowest BCUT2D eigenvalue weighted by molar-refractivity contribution is 0.0997. The lowest BCUT2D eigenvalue weighted by atomic mass is 10.2. The normalized spacial score (nSPS) is 10.5. The Morgan fingerprint density at radius 3 is 2.68 bits per heavy atom. The molecule has 1 amide bonds. The lowest BCUT2D eigenvalue weighted by Gasteiger charge is -2.08. The maximum Gasteiger partial charge on any atom is 0.291 e. The predicted molar refractivity (Wildman–Crippen MR) is 102 cm³/mol. The van der Waals surface area contributed by atoms with Crippen LogP contribution < -0.4 is 15.8 Å². The molecule has 25 heavy (non-hydrogen) atoms. The third-order valence-electron chi connectivity index (χ3n) is 3.51. The van der Waals surface area contributed by atoms with Crippen molar-refractivity contribution >= 4 is 44.8 Å². The van der Waals surface area contributed by atoms with Crippen molar-refractivity contribution in [3.8, 4) is 17.1 Å². The number of ether oxygens (including phenoxy) is 1. The summed E-state index contributed by atoms with van der Waals surface area (Å²) in [6, 6.07) is 13.7. The summed E-state index contributed by atoms with van der Waals surface area (Å²) >= 11 is 9.56. The summed E-state index contributed by atoms with van der Waals surface area (Å²) < 4.78 is 11.6. The largest absolute Gasteiger partial charge is 0.495 e. The SMILES string of the molecule is COc1ccc(NC(=O)c2ccc(-c3ccc(Br)cc3Cl)o2)cc1N. The number of anilines is 2. The smallest absolute Gasteiger partial charge is 0.291 e. The van der Waals surface area contributed by atoms with Crippen LogP contribution in [0.3, 0.4) is 0 Å². The van der Waals surface area contributed by atoms with Gasteiger partial charge in [-0.05, 0) is 48.5 Å². The van der Waals surface area contributed by atoms with Gasteiger partial charge in [-0.15, -0.1) is 0 Å². The van der Waals surface area contributed by atoms with Gasteiger partial charge in [0.25, 0.3) is 5.91 Å². The van der Waals surface area contributed by atoms with Crippen LogP contribution in [0.25, 0.3) is 11.3 Å². The quantitative estimate of drug-likeness (QED) is 0.567. The molecule has 1 heterocycles.